The van der Waals surface area contributed by atoms with Crippen molar-refractivity contribution in [3.63, 3.8) is 0 Å². The molecule has 2 aliphatic rings. The first kappa shape index (κ1) is 13.2. The monoisotopic (exact) mass is 269 g/mol. The van der Waals surface area contributed by atoms with E-state index in [0.717, 1.165) is 12.3 Å². The molecule has 3 rings (SSSR count). The van der Waals surface area contributed by atoms with Gasteiger partial charge in [0.05, 0.1) is 5.56 Å². The molecule has 20 heavy (non-hydrogen) atoms. The van der Waals surface area contributed by atoms with E-state index in [2.05, 4.69) is 17.2 Å². The highest BCUT2D eigenvalue weighted by atomic mass is 16.2. The maximum atomic E-state index is 12.4. The first-order chi connectivity index (χ1) is 9.78. The zero-order valence-electron chi connectivity index (χ0n) is 11.4. The molecular weight excluding hydrogens is 250 g/mol. The average molecular weight is 269 g/mol. The molecule has 0 heterocycles. The number of carbonyl (C=O) groups is 1. The van der Waals surface area contributed by atoms with E-state index < -0.39 is 0 Å². The smallest absolute Gasteiger partial charge is 0.252 e. The van der Waals surface area contributed by atoms with Gasteiger partial charge < -0.3 is 10.4 Å². The largest absolute Gasteiger partial charge is 0.384 e. The SMILES string of the molecule is O=C(NC1CC2CCC1C2)c1ccccc1C#CCO. The highest BCUT2D eigenvalue weighted by Crippen LogP contribution is 2.44. The van der Waals surface area contributed by atoms with Crippen LogP contribution in [0.1, 0.15) is 41.6 Å². The summed E-state index contributed by atoms with van der Waals surface area (Å²) in [4.78, 5) is 12.4. The molecule has 2 N–H and O–H groups in total. The Morgan fingerprint density at radius 3 is 2.85 bits per heavy atom. The van der Waals surface area contributed by atoms with E-state index in [0.29, 0.717) is 23.1 Å². The van der Waals surface area contributed by atoms with Crippen molar-refractivity contribution >= 4 is 5.91 Å². The summed E-state index contributed by atoms with van der Waals surface area (Å²) in [6.45, 7) is -0.192. The Balaban J connectivity index is 1.74. The van der Waals surface area contributed by atoms with Crippen LogP contribution >= 0.6 is 0 Å². The lowest BCUT2D eigenvalue weighted by molar-refractivity contribution is 0.0922. The third-order valence-corrected chi connectivity index (χ3v) is 4.53. The summed E-state index contributed by atoms with van der Waals surface area (Å²) >= 11 is 0. The van der Waals surface area contributed by atoms with E-state index >= 15 is 0 Å². The van der Waals surface area contributed by atoms with Gasteiger partial charge in [-0.1, -0.05) is 30.4 Å². The van der Waals surface area contributed by atoms with E-state index in [1.54, 1.807) is 6.07 Å². The van der Waals surface area contributed by atoms with Gasteiger partial charge in [0.1, 0.15) is 6.61 Å². The number of benzene rings is 1. The second-order valence-corrected chi connectivity index (χ2v) is 5.76. The van der Waals surface area contributed by atoms with Crippen molar-refractivity contribution < 1.29 is 9.90 Å². The molecular formula is C17H19NO2. The first-order valence-corrected chi connectivity index (χ1v) is 7.27. The number of aliphatic hydroxyl groups is 1. The summed E-state index contributed by atoms with van der Waals surface area (Å²) in [6.07, 6.45) is 4.98. The maximum Gasteiger partial charge on any atom is 0.252 e. The fourth-order valence-electron chi connectivity index (χ4n) is 3.59. The number of fused-ring (bicyclic) bond motifs is 2. The molecule has 3 atom stereocenters. The van der Waals surface area contributed by atoms with Crippen LogP contribution in [-0.4, -0.2) is 23.7 Å². The predicted octanol–water partition coefficient (Wildman–Crippen LogP) is 1.95. The van der Waals surface area contributed by atoms with E-state index in [9.17, 15) is 4.79 Å². The van der Waals surface area contributed by atoms with Gasteiger partial charge in [0, 0.05) is 11.6 Å². The molecule has 0 aliphatic heterocycles. The summed E-state index contributed by atoms with van der Waals surface area (Å²) in [7, 11) is 0. The standard InChI is InChI=1S/C17H19NO2/c19-9-3-5-13-4-1-2-6-15(13)17(20)18-16-11-12-7-8-14(16)10-12/h1-2,4,6,12,14,16,19H,7-11H2,(H,18,20). The molecule has 3 nitrogen and oxygen atoms in total. The molecule has 2 fully saturated rings. The number of nitrogens with one attached hydrogen (secondary N) is 1. The zero-order valence-corrected chi connectivity index (χ0v) is 11.4. The van der Waals surface area contributed by atoms with Crippen LogP contribution in [0.2, 0.25) is 0 Å². The third kappa shape index (κ3) is 2.57. The summed E-state index contributed by atoms with van der Waals surface area (Å²) in [5.74, 6) is 6.89. The van der Waals surface area contributed by atoms with Crippen LogP contribution in [0.25, 0.3) is 0 Å². The van der Waals surface area contributed by atoms with Gasteiger partial charge in [-0.3, -0.25) is 4.79 Å². The quantitative estimate of drug-likeness (QED) is 0.806. The number of carbonyl (C=O) groups excluding carboxylic acids is 1. The summed E-state index contributed by atoms with van der Waals surface area (Å²) < 4.78 is 0. The Labute approximate surface area is 119 Å². The Morgan fingerprint density at radius 2 is 2.15 bits per heavy atom. The summed E-state index contributed by atoms with van der Waals surface area (Å²) in [6, 6.07) is 7.65. The van der Waals surface area contributed by atoms with Crippen molar-refractivity contribution in [1.29, 1.82) is 0 Å². The van der Waals surface area contributed by atoms with Crippen LogP contribution in [0.5, 0.6) is 0 Å². The number of hydrogen-bond acceptors (Lipinski definition) is 2. The number of hydrogen-bond donors (Lipinski definition) is 2. The normalized spacial score (nSPS) is 26.9. The van der Waals surface area contributed by atoms with Gasteiger partial charge in [-0.05, 0) is 43.2 Å². The Morgan fingerprint density at radius 1 is 1.30 bits per heavy atom. The van der Waals surface area contributed by atoms with Crippen molar-refractivity contribution in [2.75, 3.05) is 6.61 Å². The summed E-state index contributed by atoms with van der Waals surface area (Å²) in [5.41, 5.74) is 1.29. The molecule has 2 aliphatic carbocycles. The van der Waals surface area contributed by atoms with Crippen molar-refractivity contribution in [1.82, 2.24) is 5.32 Å². The first-order valence-electron chi connectivity index (χ1n) is 7.27. The van der Waals surface area contributed by atoms with Gasteiger partial charge in [-0.2, -0.15) is 0 Å². The lowest BCUT2D eigenvalue weighted by Crippen LogP contribution is -2.38. The van der Waals surface area contributed by atoms with Gasteiger partial charge in [-0.25, -0.2) is 0 Å². The molecule has 1 aromatic rings. The van der Waals surface area contributed by atoms with Gasteiger partial charge in [0.25, 0.3) is 5.91 Å². The minimum absolute atomic E-state index is 0.0367. The molecule has 0 saturated heterocycles. The Hall–Kier alpha value is -1.79. The van der Waals surface area contributed by atoms with Crippen molar-refractivity contribution in [2.24, 2.45) is 11.8 Å². The van der Waals surface area contributed by atoms with Crippen LogP contribution in [0.15, 0.2) is 24.3 Å². The van der Waals surface area contributed by atoms with Crippen molar-refractivity contribution in [3.8, 4) is 11.8 Å². The molecule has 3 heteroatoms. The number of amides is 1. The molecule has 0 radical (unpaired) electrons. The van der Waals surface area contributed by atoms with E-state index in [4.69, 9.17) is 5.11 Å². The Kier molecular flexibility index (Phi) is 3.75. The minimum atomic E-state index is -0.192. The molecule has 2 bridgehead atoms. The van der Waals surface area contributed by atoms with Gasteiger partial charge in [0.2, 0.25) is 0 Å². The second-order valence-electron chi connectivity index (χ2n) is 5.76. The van der Waals surface area contributed by atoms with Crippen LogP contribution in [0.3, 0.4) is 0 Å². The highest BCUT2D eigenvalue weighted by Gasteiger charge is 2.40. The lowest BCUT2D eigenvalue weighted by atomic mass is 9.95. The van der Waals surface area contributed by atoms with Crippen LogP contribution in [-0.2, 0) is 0 Å². The summed E-state index contributed by atoms with van der Waals surface area (Å²) in [5, 5.41) is 12.0. The molecule has 104 valence electrons. The average Bonchev–Trinajstić information content (AvgIpc) is 3.08. The number of aliphatic hydroxyl groups excluding tert-OH is 1. The van der Waals surface area contributed by atoms with E-state index in [1.807, 2.05) is 18.2 Å². The topological polar surface area (TPSA) is 49.3 Å². The number of rotatable bonds is 2. The van der Waals surface area contributed by atoms with Gasteiger partial charge in [-0.15, -0.1) is 0 Å². The molecule has 2 saturated carbocycles. The Bertz CT molecular complexity index is 570. The highest BCUT2D eigenvalue weighted by molar-refractivity contribution is 5.97. The third-order valence-electron chi connectivity index (χ3n) is 4.53. The minimum Gasteiger partial charge on any atom is -0.384 e. The van der Waals surface area contributed by atoms with Gasteiger partial charge in [0.15, 0.2) is 0 Å². The maximum absolute atomic E-state index is 12.4. The van der Waals surface area contributed by atoms with E-state index in [-0.39, 0.29) is 12.5 Å². The van der Waals surface area contributed by atoms with Crippen LogP contribution < -0.4 is 5.32 Å². The zero-order chi connectivity index (χ0) is 13.9. The lowest BCUT2D eigenvalue weighted by Gasteiger charge is -2.23. The predicted molar refractivity (Wildman–Crippen MR) is 77.1 cm³/mol. The fourth-order valence-corrected chi connectivity index (χ4v) is 3.59. The molecule has 1 amide bonds. The van der Waals surface area contributed by atoms with Crippen LogP contribution in [0.4, 0.5) is 0 Å². The van der Waals surface area contributed by atoms with E-state index in [1.165, 1.54) is 19.3 Å². The van der Waals surface area contributed by atoms with Crippen molar-refractivity contribution in [2.45, 2.75) is 31.7 Å². The van der Waals surface area contributed by atoms with Crippen molar-refractivity contribution in [3.05, 3.63) is 35.4 Å². The molecule has 1 aromatic carbocycles. The molecule has 0 aromatic heterocycles. The molecule has 0 spiro atoms. The molecule has 3 unspecified atom stereocenters. The van der Waals surface area contributed by atoms with Gasteiger partial charge >= 0.3 is 0 Å². The second kappa shape index (κ2) is 5.68. The van der Waals surface area contributed by atoms with Crippen LogP contribution in [0, 0.1) is 23.7 Å². The fraction of sp³-hybridized carbons (Fsp3) is 0.471.